The third-order valence-electron chi connectivity index (χ3n) is 6.49. The molecule has 0 amide bonds. The van der Waals surface area contributed by atoms with E-state index in [1.54, 1.807) is 18.2 Å². The number of halogens is 1. The molecule has 4 nitrogen and oxygen atoms in total. The number of carboxylic acid groups (broad SMARTS) is 1. The van der Waals surface area contributed by atoms with Gasteiger partial charge in [0.25, 0.3) is 0 Å². The second-order valence-corrected chi connectivity index (χ2v) is 8.52. The minimum atomic E-state index is -1.35. The van der Waals surface area contributed by atoms with Gasteiger partial charge in [0.15, 0.2) is 0 Å². The Morgan fingerprint density at radius 1 is 1.09 bits per heavy atom. The largest absolute Gasteiger partial charge is 1.00 e. The van der Waals surface area contributed by atoms with Crippen LogP contribution in [0.1, 0.15) is 55.2 Å². The van der Waals surface area contributed by atoms with Crippen LogP contribution in [-0.4, -0.2) is 28.4 Å². The summed E-state index contributed by atoms with van der Waals surface area (Å²) in [6.07, 6.45) is 5.01. The third kappa shape index (κ3) is 4.92. The van der Waals surface area contributed by atoms with Crippen LogP contribution in [-0.2, 0) is 10.2 Å². The first-order valence-corrected chi connectivity index (χ1v) is 10.8. The van der Waals surface area contributed by atoms with E-state index in [-0.39, 0.29) is 47.2 Å². The second-order valence-electron chi connectivity index (χ2n) is 8.52. The first kappa shape index (κ1) is 24.9. The maximum absolute atomic E-state index is 13.6. The Balaban J connectivity index is 0.00000289. The molecule has 162 valence electrons. The van der Waals surface area contributed by atoms with E-state index in [2.05, 4.69) is 12.1 Å². The van der Waals surface area contributed by atoms with Gasteiger partial charge in [-0.05, 0) is 52.8 Å². The smallest absolute Gasteiger partial charge is 0.550 e. The molecule has 0 unspecified atom stereocenters. The average Bonchev–Trinajstić information content (AvgIpc) is 3.31. The number of aliphatic hydroxyl groups excluding tert-OH is 2. The molecule has 2 atom stereocenters. The van der Waals surface area contributed by atoms with Crippen molar-refractivity contribution in [1.82, 2.24) is 0 Å². The van der Waals surface area contributed by atoms with Crippen molar-refractivity contribution in [3.8, 4) is 0 Å². The molecule has 6 heteroatoms. The van der Waals surface area contributed by atoms with Crippen molar-refractivity contribution in [2.75, 3.05) is 0 Å². The van der Waals surface area contributed by atoms with E-state index < -0.39 is 24.6 Å². The zero-order valence-electron chi connectivity index (χ0n) is 18.3. The van der Waals surface area contributed by atoms with E-state index in [9.17, 15) is 24.5 Å². The van der Waals surface area contributed by atoms with E-state index in [4.69, 9.17) is 0 Å². The molecular formula is C26H26FNaO4. The standard InChI is InChI=1S/C26H27FO4.Na/c27-18-9-7-17(8-10-18)25-21-5-1-2-6-22(21)26(13-3-4-14-26)23(25)12-11-19(28)15-20(29)16-24(30)31;/h1-2,5-12,19-20,28-29H,3-4,13-16H2,(H,30,31);/q;+1/p-1/b12-11+;/t19-,20-;/m1./s1. The molecule has 0 heterocycles. The molecule has 32 heavy (non-hydrogen) atoms. The zero-order valence-corrected chi connectivity index (χ0v) is 20.3. The van der Waals surface area contributed by atoms with Crippen LogP contribution in [0.3, 0.4) is 0 Å². The minimum absolute atomic E-state index is 0. The number of benzene rings is 2. The summed E-state index contributed by atoms with van der Waals surface area (Å²) in [4.78, 5) is 10.7. The predicted molar refractivity (Wildman–Crippen MR) is 114 cm³/mol. The van der Waals surface area contributed by atoms with Crippen molar-refractivity contribution in [3.63, 3.8) is 0 Å². The number of rotatable bonds is 7. The van der Waals surface area contributed by atoms with Gasteiger partial charge in [0.05, 0.1) is 12.2 Å². The van der Waals surface area contributed by atoms with Crippen LogP contribution in [0.5, 0.6) is 0 Å². The second kappa shape index (κ2) is 10.4. The molecule has 0 radical (unpaired) electrons. The van der Waals surface area contributed by atoms with Crippen molar-refractivity contribution in [2.24, 2.45) is 0 Å². The molecule has 4 rings (SSSR count). The number of hydrogen-bond donors (Lipinski definition) is 2. The van der Waals surface area contributed by atoms with E-state index in [0.29, 0.717) is 0 Å². The van der Waals surface area contributed by atoms with Gasteiger partial charge in [0.1, 0.15) is 5.82 Å². The maximum Gasteiger partial charge on any atom is 1.00 e. The quantitative estimate of drug-likeness (QED) is 0.601. The number of aliphatic carboxylic acids is 1. The number of allylic oxidation sites excluding steroid dienone is 2. The number of carboxylic acids is 1. The normalized spacial score (nSPS) is 18.6. The molecule has 2 aliphatic carbocycles. The van der Waals surface area contributed by atoms with Gasteiger partial charge in [-0.2, -0.15) is 0 Å². The number of fused-ring (bicyclic) bond motifs is 2. The van der Waals surface area contributed by atoms with Crippen molar-refractivity contribution in [3.05, 3.63) is 88.8 Å². The first-order valence-electron chi connectivity index (χ1n) is 10.8. The molecular weight excluding hydrogens is 418 g/mol. The van der Waals surface area contributed by atoms with Crippen LogP contribution in [0, 0.1) is 5.82 Å². The molecule has 1 fully saturated rings. The summed E-state index contributed by atoms with van der Waals surface area (Å²) < 4.78 is 13.6. The zero-order chi connectivity index (χ0) is 22.0. The number of carbonyl (C=O) groups is 1. The molecule has 1 spiro atoms. The Morgan fingerprint density at radius 3 is 2.41 bits per heavy atom. The summed E-state index contributed by atoms with van der Waals surface area (Å²) in [5.74, 6) is -1.64. The number of aliphatic hydroxyl groups is 2. The van der Waals surface area contributed by atoms with Gasteiger partial charge >= 0.3 is 29.6 Å². The van der Waals surface area contributed by atoms with Gasteiger partial charge in [-0.1, -0.05) is 61.4 Å². The van der Waals surface area contributed by atoms with Crippen LogP contribution < -0.4 is 34.7 Å². The Labute approximate surface area is 209 Å². The summed E-state index contributed by atoms with van der Waals surface area (Å²) in [6.45, 7) is 0. The molecule has 0 bridgehead atoms. The SMILES string of the molecule is O=C([O-])C[C@H](O)C[C@H](O)/C=C/C1=C(c2ccc(F)cc2)c2ccccc2C12CCCC2.[Na+]. The molecule has 2 aromatic carbocycles. The van der Waals surface area contributed by atoms with Gasteiger partial charge in [0.2, 0.25) is 0 Å². The van der Waals surface area contributed by atoms with Gasteiger partial charge < -0.3 is 20.1 Å². The summed E-state index contributed by atoms with van der Waals surface area (Å²) in [6, 6.07) is 14.8. The molecule has 0 aliphatic heterocycles. The molecule has 0 saturated heterocycles. The summed E-state index contributed by atoms with van der Waals surface area (Å²) in [5, 5.41) is 30.9. The van der Waals surface area contributed by atoms with Crippen LogP contribution in [0.2, 0.25) is 0 Å². The van der Waals surface area contributed by atoms with Crippen molar-refractivity contribution < 1.29 is 54.1 Å². The van der Waals surface area contributed by atoms with Crippen LogP contribution in [0.25, 0.3) is 5.57 Å². The number of carbonyl (C=O) groups excluding carboxylic acids is 1. The molecule has 2 N–H and O–H groups in total. The van der Waals surface area contributed by atoms with E-state index in [1.165, 1.54) is 17.7 Å². The fraction of sp³-hybridized carbons (Fsp3) is 0.346. The Kier molecular flexibility index (Phi) is 8.12. The van der Waals surface area contributed by atoms with Crippen molar-refractivity contribution >= 4 is 11.5 Å². The van der Waals surface area contributed by atoms with Crippen molar-refractivity contribution in [1.29, 1.82) is 0 Å². The maximum atomic E-state index is 13.6. The third-order valence-corrected chi connectivity index (χ3v) is 6.49. The fourth-order valence-electron chi connectivity index (χ4n) is 5.18. The Bertz CT molecular complexity index is 1020. The van der Waals surface area contributed by atoms with Crippen molar-refractivity contribution in [2.45, 2.75) is 56.1 Å². The van der Waals surface area contributed by atoms with E-state index in [0.717, 1.165) is 48.0 Å². The summed E-state index contributed by atoms with van der Waals surface area (Å²) >= 11 is 0. The van der Waals surface area contributed by atoms with Gasteiger partial charge in [-0.3, -0.25) is 0 Å². The number of hydrogen-bond acceptors (Lipinski definition) is 4. The Morgan fingerprint density at radius 2 is 1.75 bits per heavy atom. The van der Waals surface area contributed by atoms with Crippen LogP contribution in [0.4, 0.5) is 4.39 Å². The average molecular weight is 444 g/mol. The van der Waals surface area contributed by atoms with Crippen LogP contribution in [0.15, 0.2) is 66.3 Å². The monoisotopic (exact) mass is 444 g/mol. The van der Waals surface area contributed by atoms with E-state index >= 15 is 0 Å². The summed E-state index contributed by atoms with van der Waals surface area (Å²) in [5.41, 5.74) is 5.28. The molecule has 2 aliphatic rings. The molecule has 1 saturated carbocycles. The summed E-state index contributed by atoms with van der Waals surface area (Å²) in [7, 11) is 0. The van der Waals surface area contributed by atoms with Gasteiger partial charge in [0, 0.05) is 24.2 Å². The topological polar surface area (TPSA) is 80.6 Å². The first-order chi connectivity index (χ1) is 14.9. The van der Waals surface area contributed by atoms with E-state index in [1.807, 2.05) is 18.2 Å². The molecule has 2 aromatic rings. The minimum Gasteiger partial charge on any atom is -0.550 e. The fourth-order valence-corrected chi connectivity index (χ4v) is 5.18. The van der Waals surface area contributed by atoms with Gasteiger partial charge in [-0.25, -0.2) is 4.39 Å². The van der Waals surface area contributed by atoms with Crippen LogP contribution >= 0.6 is 0 Å². The molecule has 0 aromatic heterocycles. The Hall–Kier alpha value is -1.76. The van der Waals surface area contributed by atoms with Gasteiger partial charge in [-0.15, -0.1) is 0 Å². The predicted octanol–water partition coefficient (Wildman–Crippen LogP) is 0.265.